The maximum Gasteiger partial charge on any atom is 0.262 e. The zero-order valence-corrected chi connectivity index (χ0v) is 17.7. The van der Waals surface area contributed by atoms with E-state index in [9.17, 15) is 13.2 Å². The quantitative estimate of drug-likeness (QED) is 0.599. The van der Waals surface area contributed by atoms with Gasteiger partial charge in [-0.1, -0.05) is 24.4 Å². The molecule has 0 aliphatic heterocycles. The Morgan fingerprint density at radius 3 is 2.57 bits per heavy atom. The smallest absolute Gasteiger partial charge is 0.262 e. The summed E-state index contributed by atoms with van der Waals surface area (Å²) in [6.45, 7) is -0.213. The van der Waals surface area contributed by atoms with Crippen LogP contribution in [0.2, 0.25) is 5.02 Å². The first kappa shape index (κ1) is 20.6. The number of amides is 1. The van der Waals surface area contributed by atoms with Crippen LogP contribution in [0.4, 0.5) is 5.69 Å². The van der Waals surface area contributed by atoms with Gasteiger partial charge in [0, 0.05) is 17.3 Å². The second-order valence-electron chi connectivity index (χ2n) is 7.26. The van der Waals surface area contributed by atoms with Crippen molar-refractivity contribution >= 4 is 43.9 Å². The maximum atomic E-state index is 12.6. The molecule has 0 radical (unpaired) electrons. The monoisotopic (exact) mass is 444 g/mol. The number of halogens is 1. The van der Waals surface area contributed by atoms with Crippen molar-refractivity contribution in [3.63, 3.8) is 0 Å². The van der Waals surface area contributed by atoms with Gasteiger partial charge in [0.1, 0.15) is 11.3 Å². The molecule has 4 rings (SSSR count). The van der Waals surface area contributed by atoms with Crippen LogP contribution in [0.1, 0.15) is 25.7 Å². The Balaban J connectivity index is 1.40. The molecule has 1 fully saturated rings. The summed E-state index contributed by atoms with van der Waals surface area (Å²) in [6.07, 6.45) is 4.97. The van der Waals surface area contributed by atoms with Crippen molar-refractivity contribution in [2.24, 2.45) is 0 Å². The third kappa shape index (κ3) is 4.27. The van der Waals surface area contributed by atoms with E-state index in [1.165, 1.54) is 0 Å². The molecule has 1 amide bonds. The number of aromatic nitrogens is 1. The average Bonchev–Trinajstić information content (AvgIpc) is 3.30. The normalized spacial score (nSPS) is 14.7. The predicted octanol–water partition coefficient (Wildman–Crippen LogP) is 4.62. The number of nitrogens with one attached hydrogen (secondary N) is 1. The highest BCUT2D eigenvalue weighted by Gasteiger charge is 2.30. The van der Waals surface area contributed by atoms with Crippen LogP contribution in [0.25, 0.3) is 10.9 Å². The van der Waals surface area contributed by atoms with Gasteiger partial charge in [0.25, 0.3) is 5.91 Å². The zero-order valence-electron chi connectivity index (χ0n) is 16.2. The molecule has 0 unspecified atom stereocenters. The van der Waals surface area contributed by atoms with Gasteiger partial charge >= 0.3 is 0 Å². The summed E-state index contributed by atoms with van der Waals surface area (Å²) in [7, 11) is -3.31. The average molecular weight is 445 g/mol. The number of hydrogen-bond donors (Lipinski definition) is 1. The van der Waals surface area contributed by atoms with Gasteiger partial charge < -0.3 is 10.1 Å². The zero-order chi connectivity index (χ0) is 21.1. The van der Waals surface area contributed by atoms with E-state index in [0.29, 0.717) is 39.7 Å². The van der Waals surface area contributed by atoms with Gasteiger partial charge in [-0.2, -0.15) is 0 Å². The van der Waals surface area contributed by atoms with E-state index in [1.54, 1.807) is 48.7 Å². The number of pyridine rings is 1. The molecule has 30 heavy (non-hydrogen) atoms. The minimum absolute atomic E-state index is 0.213. The van der Waals surface area contributed by atoms with Gasteiger partial charge in [0.05, 0.1) is 15.2 Å². The lowest BCUT2D eigenvalue weighted by molar-refractivity contribution is -0.118. The number of sulfone groups is 1. The summed E-state index contributed by atoms with van der Waals surface area (Å²) in [4.78, 5) is 16.8. The second-order valence-corrected chi connectivity index (χ2v) is 9.89. The van der Waals surface area contributed by atoms with Crippen LogP contribution in [0.5, 0.6) is 5.75 Å². The molecule has 0 bridgehead atoms. The van der Waals surface area contributed by atoms with E-state index >= 15 is 0 Å². The molecule has 0 atom stereocenters. The molecule has 0 saturated heterocycles. The van der Waals surface area contributed by atoms with Crippen molar-refractivity contribution < 1.29 is 17.9 Å². The van der Waals surface area contributed by atoms with Crippen LogP contribution in [0.15, 0.2) is 59.6 Å². The number of benzene rings is 2. The molecule has 1 N–H and O–H groups in total. The lowest BCUT2D eigenvalue weighted by Gasteiger charge is -2.12. The summed E-state index contributed by atoms with van der Waals surface area (Å²) in [5.41, 5.74) is 1.09. The van der Waals surface area contributed by atoms with Crippen molar-refractivity contribution in [2.45, 2.75) is 35.8 Å². The van der Waals surface area contributed by atoms with Crippen LogP contribution in [-0.2, 0) is 14.6 Å². The van der Waals surface area contributed by atoms with Gasteiger partial charge in [0.15, 0.2) is 16.4 Å². The van der Waals surface area contributed by atoms with Crippen LogP contribution < -0.4 is 10.1 Å². The SMILES string of the molecule is O=C(COc1ccc(Cl)c2cccnc12)Nc1ccc(S(=O)(=O)C2CCCC2)cc1. The van der Waals surface area contributed by atoms with Gasteiger partial charge in [0.2, 0.25) is 0 Å². The van der Waals surface area contributed by atoms with Crippen molar-refractivity contribution in [2.75, 3.05) is 11.9 Å². The highest BCUT2D eigenvalue weighted by molar-refractivity contribution is 7.92. The third-order valence-corrected chi connectivity index (χ3v) is 7.85. The van der Waals surface area contributed by atoms with Gasteiger partial charge in [-0.05, 0) is 61.4 Å². The number of fused-ring (bicyclic) bond motifs is 1. The van der Waals surface area contributed by atoms with Crippen LogP contribution >= 0.6 is 11.6 Å². The molecule has 1 aromatic heterocycles. The number of nitrogens with zero attached hydrogens (tertiary/aromatic N) is 1. The van der Waals surface area contributed by atoms with E-state index in [1.807, 2.05) is 6.07 Å². The van der Waals surface area contributed by atoms with E-state index in [4.69, 9.17) is 16.3 Å². The second kappa shape index (κ2) is 8.62. The van der Waals surface area contributed by atoms with Gasteiger partial charge in [-0.15, -0.1) is 0 Å². The standard InChI is InChI=1S/C22H21ClN2O4S/c23-19-11-12-20(22-18(19)6-3-13-24-22)29-14-21(26)25-15-7-9-17(10-8-15)30(27,28)16-4-1-2-5-16/h3,6-13,16H,1-2,4-5,14H2,(H,25,26). The molecule has 1 saturated carbocycles. The molecule has 1 aliphatic rings. The largest absolute Gasteiger partial charge is 0.481 e. The van der Waals surface area contributed by atoms with E-state index < -0.39 is 9.84 Å². The Bertz CT molecular complexity index is 1170. The Hall–Kier alpha value is -2.64. The lowest BCUT2D eigenvalue weighted by atomic mass is 10.2. The lowest BCUT2D eigenvalue weighted by Crippen LogP contribution is -2.20. The first-order chi connectivity index (χ1) is 14.4. The van der Waals surface area contributed by atoms with Gasteiger partial charge in [-0.3, -0.25) is 9.78 Å². The number of hydrogen-bond acceptors (Lipinski definition) is 5. The molecule has 156 valence electrons. The fourth-order valence-corrected chi connectivity index (χ4v) is 5.76. The summed E-state index contributed by atoms with van der Waals surface area (Å²) in [5, 5.41) is 3.72. The van der Waals surface area contributed by atoms with E-state index in [0.717, 1.165) is 18.2 Å². The first-order valence-electron chi connectivity index (χ1n) is 9.75. The van der Waals surface area contributed by atoms with E-state index in [2.05, 4.69) is 10.3 Å². The summed E-state index contributed by atoms with van der Waals surface area (Å²) < 4.78 is 30.9. The number of ether oxygens (including phenoxy) is 1. The number of anilines is 1. The first-order valence-corrected chi connectivity index (χ1v) is 11.7. The number of rotatable bonds is 6. The van der Waals surface area contributed by atoms with Crippen LogP contribution in [0, 0.1) is 0 Å². The van der Waals surface area contributed by atoms with Gasteiger partial charge in [-0.25, -0.2) is 8.42 Å². The molecular weight excluding hydrogens is 424 g/mol. The predicted molar refractivity (Wildman–Crippen MR) is 117 cm³/mol. The fraction of sp³-hybridized carbons (Fsp3) is 0.273. The summed E-state index contributed by atoms with van der Waals surface area (Å²) in [5.74, 6) is 0.101. The Kier molecular flexibility index (Phi) is 5.92. The third-order valence-electron chi connectivity index (χ3n) is 5.25. The van der Waals surface area contributed by atoms with Crippen molar-refractivity contribution in [1.29, 1.82) is 0 Å². The topological polar surface area (TPSA) is 85.4 Å². The Morgan fingerprint density at radius 2 is 1.83 bits per heavy atom. The molecule has 2 aromatic carbocycles. The summed E-state index contributed by atoms with van der Waals surface area (Å²) >= 11 is 6.17. The molecule has 8 heteroatoms. The van der Waals surface area contributed by atoms with Crippen LogP contribution in [-0.4, -0.2) is 31.2 Å². The van der Waals surface area contributed by atoms with Crippen molar-refractivity contribution in [3.05, 3.63) is 59.8 Å². The minimum Gasteiger partial charge on any atom is -0.481 e. The van der Waals surface area contributed by atoms with Crippen LogP contribution in [0.3, 0.4) is 0 Å². The molecule has 1 aliphatic carbocycles. The van der Waals surface area contributed by atoms with E-state index in [-0.39, 0.29) is 17.8 Å². The maximum absolute atomic E-state index is 12.6. The highest BCUT2D eigenvalue weighted by atomic mass is 35.5. The molecule has 6 nitrogen and oxygen atoms in total. The molecule has 3 aromatic rings. The Labute approximate surface area is 180 Å². The highest BCUT2D eigenvalue weighted by Crippen LogP contribution is 2.31. The fourth-order valence-electron chi connectivity index (χ4n) is 3.69. The van der Waals surface area contributed by atoms with Crippen molar-refractivity contribution in [3.8, 4) is 5.75 Å². The number of carbonyl (C=O) groups is 1. The minimum atomic E-state index is -3.31. The molecule has 0 spiro atoms. The van der Waals surface area contributed by atoms with Crippen molar-refractivity contribution in [1.82, 2.24) is 4.98 Å². The number of carbonyl (C=O) groups excluding carboxylic acids is 1. The molecular formula is C22H21ClN2O4S. The summed E-state index contributed by atoms with van der Waals surface area (Å²) in [6, 6.07) is 13.3. The molecule has 1 heterocycles. The Morgan fingerprint density at radius 1 is 1.10 bits per heavy atom.